The number of hydrogen-bond donors (Lipinski definition) is 0. The normalized spacial score (nSPS) is 11.8. The van der Waals surface area contributed by atoms with E-state index >= 15 is 0 Å². The highest BCUT2D eigenvalue weighted by Gasteiger charge is 2.35. The summed E-state index contributed by atoms with van der Waals surface area (Å²) in [5.74, 6) is -0.318. The number of halogens is 3. The summed E-state index contributed by atoms with van der Waals surface area (Å²) in [5, 5.41) is 8.69. The van der Waals surface area contributed by atoms with Crippen LogP contribution in [-0.4, -0.2) is 20.2 Å². The molecule has 0 N–H and O–H groups in total. The van der Waals surface area contributed by atoms with E-state index in [1.54, 1.807) is 18.2 Å². The van der Waals surface area contributed by atoms with Gasteiger partial charge in [-0.1, -0.05) is 48.2 Å². The van der Waals surface area contributed by atoms with E-state index in [4.69, 9.17) is 4.42 Å². The Morgan fingerprint density at radius 2 is 1.63 bits per heavy atom. The molecule has 2 heterocycles. The number of rotatable bonds is 4. The Hall–Kier alpha value is -2.94. The van der Waals surface area contributed by atoms with Gasteiger partial charge in [-0.2, -0.15) is 13.2 Å². The largest absolute Gasteiger partial charge is 0.451 e. The van der Waals surface area contributed by atoms with Gasteiger partial charge in [0.05, 0.1) is 11.3 Å². The highest BCUT2D eigenvalue weighted by Crippen LogP contribution is 2.33. The number of nitrogens with zero attached hydrogens (tertiary/aromatic N) is 4. The van der Waals surface area contributed by atoms with Crippen LogP contribution in [0.2, 0.25) is 0 Å². The Balaban J connectivity index is 1.61. The third kappa shape index (κ3) is 3.77. The van der Waals surface area contributed by atoms with Crippen LogP contribution in [0.15, 0.2) is 64.0 Å². The molecule has 0 aliphatic rings. The average molecular weight is 388 g/mol. The quantitative estimate of drug-likeness (QED) is 0.362. The zero-order chi connectivity index (χ0) is 18.9. The lowest BCUT2D eigenvalue weighted by atomic mass is 10.2. The summed E-state index contributed by atoms with van der Waals surface area (Å²) < 4.78 is 44.8. The summed E-state index contributed by atoms with van der Waals surface area (Å²) in [7, 11) is 0. The maximum atomic E-state index is 13.1. The number of alkyl halides is 3. The van der Waals surface area contributed by atoms with E-state index in [9.17, 15) is 13.2 Å². The van der Waals surface area contributed by atoms with E-state index in [2.05, 4.69) is 20.2 Å². The summed E-state index contributed by atoms with van der Waals surface area (Å²) in [4.78, 5) is 7.29. The van der Waals surface area contributed by atoms with E-state index in [1.807, 2.05) is 30.3 Å². The summed E-state index contributed by atoms with van der Waals surface area (Å²) in [6.45, 7) is 0. The molecule has 0 saturated carbocycles. The Bertz CT molecular complexity index is 1080. The van der Waals surface area contributed by atoms with Gasteiger partial charge >= 0.3 is 6.18 Å². The minimum absolute atomic E-state index is 0.193. The molecule has 0 unspecified atom stereocenters. The maximum absolute atomic E-state index is 13.1. The molecule has 0 aliphatic carbocycles. The van der Waals surface area contributed by atoms with Gasteiger partial charge in [0, 0.05) is 10.9 Å². The summed E-state index contributed by atoms with van der Waals surface area (Å²) >= 11 is 1.09. The minimum Gasteiger partial charge on any atom is -0.420 e. The number of fused-ring (bicyclic) bond motifs is 1. The molecular weight excluding hydrogens is 377 g/mol. The van der Waals surface area contributed by atoms with E-state index in [0.717, 1.165) is 17.3 Å². The third-order valence-corrected chi connectivity index (χ3v) is 4.62. The van der Waals surface area contributed by atoms with Crippen LogP contribution < -0.4 is 0 Å². The Morgan fingerprint density at radius 3 is 2.41 bits per heavy atom. The fraction of sp³-hybridized carbons (Fsp3) is 0.111. The fourth-order valence-electron chi connectivity index (χ4n) is 2.42. The van der Waals surface area contributed by atoms with E-state index in [-0.39, 0.29) is 16.3 Å². The second kappa shape index (κ2) is 6.99. The van der Waals surface area contributed by atoms with Crippen LogP contribution >= 0.6 is 11.8 Å². The second-order valence-electron chi connectivity index (χ2n) is 5.52. The molecule has 0 atom stereocenters. The molecule has 0 spiro atoms. The number of hydrogen-bond acceptors (Lipinski definition) is 6. The van der Waals surface area contributed by atoms with Gasteiger partial charge in [-0.25, -0.2) is 9.97 Å². The average Bonchev–Trinajstić information content (AvgIpc) is 3.15. The van der Waals surface area contributed by atoms with Gasteiger partial charge in [-0.15, -0.1) is 10.2 Å². The van der Waals surface area contributed by atoms with Crippen molar-refractivity contribution in [1.29, 1.82) is 0 Å². The van der Waals surface area contributed by atoms with Crippen molar-refractivity contribution in [3.05, 3.63) is 66.3 Å². The van der Waals surface area contributed by atoms with Crippen molar-refractivity contribution in [2.45, 2.75) is 17.0 Å². The molecule has 0 fully saturated rings. The Kier molecular flexibility index (Phi) is 4.53. The van der Waals surface area contributed by atoms with Crippen molar-refractivity contribution in [3.63, 3.8) is 0 Å². The molecule has 136 valence electrons. The predicted molar refractivity (Wildman–Crippen MR) is 93.8 cm³/mol. The van der Waals surface area contributed by atoms with Gasteiger partial charge in [0.15, 0.2) is 0 Å². The van der Waals surface area contributed by atoms with Crippen molar-refractivity contribution >= 4 is 22.7 Å². The van der Waals surface area contributed by atoms with Crippen LogP contribution in [0.25, 0.3) is 22.4 Å². The van der Waals surface area contributed by atoms with Gasteiger partial charge in [0.2, 0.25) is 17.6 Å². The van der Waals surface area contributed by atoms with Crippen LogP contribution in [0.4, 0.5) is 13.2 Å². The first-order valence-electron chi connectivity index (χ1n) is 7.85. The van der Waals surface area contributed by atoms with E-state index < -0.39 is 12.0 Å². The Morgan fingerprint density at radius 1 is 0.889 bits per heavy atom. The van der Waals surface area contributed by atoms with Crippen molar-refractivity contribution < 1.29 is 17.6 Å². The topological polar surface area (TPSA) is 64.7 Å². The van der Waals surface area contributed by atoms with E-state index in [0.29, 0.717) is 17.2 Å². The van der Waals surface area contributed by atoms with Gasteiger partial charge in [0.25, 0.3) is 0 Å². The van der Waals surface area contributed by atoms with Crippen LogP contribution in [0.3, 0.4) is 0 Å². The highest BCUT2D eigenvalue weighted by molar-refractivity contribution is 7.98. The van der Waals surface area contributed by atoms with Crippen molar-refractivity contribution in [2.75, 3.05) is 0 Å². The minimum atomic E-state index is -4.62. The second-order valence-corrected chi connectivity index (χ2v) is 6.49. The van der Waals surface area contributed by atoms with Gasteiger partial charge in [-0.3, -0.25) is 0 Å². The molecule has 9 heteroatoms. The molecule has 0 amide bonds. The summed E-state index contributed by atoms with van der Waals surface area (Å²) in [6.07, 6.45) is -4.62. The van der Waals surface area contributed by atoms with Gasteiger partial charge < -0.3 is 4.42 Å². The lowest BCUT2D eigenvalue weighted by molar-refractivity contribution is -0.145. The molecule has 0 bridgehead atoms. The van der Waals surface area contributed by atoms with Crippen LogP contribution in [0.1, 0.15) is 11.7 Å². The fourth-order valence-corrected chi connectivity index (χ4v) is 3.28. The van der Waals surface area contributed by atoms with Crippen LogP contribution in [0, 0.1) is 0 Å². The molecule has 0 radical (unpaired) electrons. The molecule has 0 saturated heterocycles. The predicted octanol–water partition coefficient (Wildman–Crippen LogP) is 4.99. The number of thioether (sulfide) groups is 1. The first kappa shape index (κ1) is 17.5. The van der Waals surface area contributed by atoms with Crippen molar-refractivity contribution in [3.8, 4) is 11.5 Å². The lowest BCUT2D eigenvalue weighted by Crippen LogP contribution is -2.11. The molecule has 2 aromatic carbocycles. The van der Waals surface area contributed by atoms with Gasteiger partial charge in [-0.05, 0) is 18.2 Å². The smallest absolute Gasteiger partial charge is 0.420 e. The molecule has 5 nitrogen and oxygen atoms in total. The Labute approximate surface area is 155 Å². The van der Waals surface area contributed by atoms with Crippen molar-refractivity contribution in [1.82, 2.24) is 20.2 Å². The maximum Gasteiger partial charge on any atom is 0.451 e. The molecule has 0 aliphatic heterocycles. The zero-order valence-corrected chi connectivity index (χ0v) is 14.5. The standard InChI is InChI=1S/C18H11F3N4OS/c19-18(20,21)17-22-13-9-5-4-8-12(13)16(23-17)27-10-14-24-25-15(26-14)11-6-2-1-3-7-11/h1-9H,10H2. The molecule has 4 aromatic rings. The lowest BCUT2D eigenvalue weighted by Gasteiger charge is -2.09. The molecule has 4 rings (SSSR count). The third-order valence-electron chi connectivity index (χ3n) is 3.64. The molecule has 2 aromatic heterocycles. The van der Waals surface area contributed by atoms with Crippen LogP contribution in [0.5, 0.6) is 0 Å². The molecule has 27 heavy (non-hydrogen) atoms. The van der Waals surface area contributed by atoms with E-state index in [1.165, 1.54) is 6.07 Å². The number of para-hydroxylation sites is 1. The first-order chi connectivity index (χ1) is 13.0. The SMILES string of the molecule is FC(F)(F)c1nc(SCc2nnc(-c3ccccc3)o2)c2ccccc2n1. The van der Waals surface area contributed by atoms with Crippen molar-refractivity contribution in [2.24, 2.45) is 0 Å². The first-order valence-corrected chi connectivity index (χ1v) is 8.84. The summed E-state index contributed by atoms with van der Waals surface area (Å²) in [5.41, 5.74) is 1.01. The number of aromatic nitrogens is 4. The highest BCUT2D eigenvalue weighted by atomic mass is 32.2. The summed E-state index contributed by atoms with van der Waals surface area (Å²) in [6, 6.07) is 15.8. The molecular formula is C18H11F3N4OS. The number of benzene rings is 2. The van der Waals surface area contributed by atoms with Gasteiger partial charge in [0.1, 0.15) is 5.03 Å². The monoisotopic (exact) mass is 388 g/mol. The van der Waals surface area contributed by atoms with Crippen LogP contribution in [-0.2, 0) is 11.9 Å². The zero-order valence-electron chi connectivity index (χ0n) is 13.6.